The molecule has 0 atom stereocenters. The molecule has 1 aromatic carbocycles. The molecule has 0 spiro atoms. The molecule has 0 amide bonds. The molecular weight excluding hydrogens is 142 g/mol. The standard InChI is InChI=1S/C8H4BFO/c9-6-1-2-7(10)5-3-4-11-8(5)6/h1-4H. The fourth-order valence-corrected chi connectivity index (χ4v) is 1.05. The van der Waals surface area contributed by atoms with Crippen molar-refractivity contribution >= 4 is 24.3 Å². The Hall–Kier alpha value is -1.25. The lowest BCUT2D eigenvalue weighted by atomic mass is 9.94. The highest BCUT2D eigenvalue weighted by Crippen LogP contribution is 2.15. The van der Waals surface area contributed by atoms with Gasteiger partial charge in [0.25, 0.3) is 0 Å². The van der Waals surface area contributed by atoms with Crippen molar-refractivity contribution in [1.82, 2.24) is 0 Å². The lowest BCUT2D eigenvalue weighted by Crippen LogP contribution is -2.02. The summed E-state index contributed by atoms with van der Waals surface area (Å²) in [4.78, 5) is 0. The summed E-state index contributed by atoms with van der Waals surface area (Å²) in [6.45, 7) is 0. The Morgan fingerprint density at radius 3 is 2.82 bits per heavy atom. The van der Waals surface area contributed by atoms with Gasteiger partial charge >= 0.3 is 0 Å². The summed E-state index contributed by atoms with van der Waals surface area (Å²) >= 11 is 0. The SMILES string of the molecule is [B]c1ccc(F)c2ccoc12. The summed E-state index contributed by atoms with van der Waals surface area (Å²) in [5.74, 6) is -0.303. The third-order valence-corrected chi connectivity index (χ3v) is 1.59. The van der Waals surface area contributed by atoms with Crippen LogP contribution < -0.4 is 5.46 Å². The molecule has 2 radical (unpaired) electrons. The van der Waals surface area contributed by atoms with Crippen LogP contribution in [0.15, 0.2) is 28.9 Å². The molecule has 0 aliphatic carbocycles. The molecule has 0 N–H and O–H groups in total. The zero-order chi connectivity index (χ0) is 7.84. The highest BCUT2D eigenvalue weighted by atomic mass is 19.1. The first-order chi connectivity index (χ1) is 5.29. The third kappa shape index (κ3) is 0.844. The largest absolute Gasteiger partial charge is 0.465 e. The van der Waals surface area contributed by atoms with Crippen LogP contribution in [0, 0.1) is 5.82 Å². The summed E-state index contributed by atoms with van der Waals surface area (Å²) in [5.41, 5.74) is 0.886. The van der Waals surface area contributed by atoms with Crippen molar-refractivity contribution in [2.45, 2.75) is 0 Å². The average Bonchev–Trinajstić information content (AvgIpc) is 2.45. The van der Waals surface area contributed by atoms with Crippen LogP contribution in [0.3, 0.4) is 0 Å². The van der Waals surface area contributed by atoms with E-state index in [0.29, 0.717) is 16.4 Å². The van der Waals surface area contributed by atoms with Gasteiger partial charge in [-0.25, -0.2) is 4.39 Å². The molecule has 1 nitrogen and oxygen atoms in total. The van der Waals surface area contributed by atoms with E-state index < -0.39 is 0 Å². The van der Waals surface area contributed by atoms with E-state index in [1.165, 1.54) is 18.4 Å². The minimum absolute atomic E-state index is 0.303. The molecule has 0 aliphatic rings. The number of rotatable bonds is 0. The number of hydrogen-bond acceptors (Lipinski definition) is 1. The average molecular weight is 146 g/mol. The monoisotopic (exact) mass is 146 g/mol. The van der Waals surface area contributed by atoms with E-state index in [1.54, 1.807) is 6.07 Å². The van der Waals surface area contributed by atoms with E-state index >= 15 is 0 Å². The first-order valence-electron chi connectivity index (χ1n) is 3.20. The van der Waals surface area contributed by atoms with Crippen molar-refractivity contribution in [3.8, 4) is 0 Å². The van der Waals surface area contributed by atoms with Crippen molar-refractivity contribution < 1.29 is 8.81 Å². The van der Waals surface area contributed by atoms with Crippen LogP contribution >= 0.6 is 0 Å². The second-order valence-electron chi connectivity index (χ2n) is 2.30. The van der Waals surface area contributed by atoms with Gasteiger partial charge in [0.1, 0.15) is 19.2 Å². The molecular formula is C8H4BFO. The lowest BCUT2D eigenvalue weighted by molar-refractivity contribution is 0.613. The summed E-state index contributed by atoms with van der Waals surface area (Å²) in [6.07, 6.45) is 1.42. The molecule has 0 saturated heterocycles. The summed E-state index contributed by atoms with van der Waals surface area (Å²) in [5, 5.41) is 0.435. The van der Waals surface area contributed by atoms with E-state index in [9.17, 15) is 4.39 Å². The summed E-state index contributed by atoms with van der Waals surface area (Å²) in [7, 11) is 5.51. The Kier molecular flexibility index (Phi) is 1.25. The quantitative estimate of drug-likeness (QED) is 0.511. The summed E-state index contributed by atoms with van der Waals surface area (Å²) in [6, 6.07) is 4.37. The van der Waals surface area contributed by atoms with Crippen molar-refractivity contribution in [2.75, 3.05) is 0 Å². The first-order valence-corrected chi connectivity index (χ1v) is 3.20. The summed E-state index contributed by atoms with van der Waals surface area (Å²) < 4.78 is 17.8. The normalized spacial score (nSPS) is 10.6. The van der Waals surface area contributed by atoms with Crippen LogP contribution in [0.5, 0.6) is 0 Å². The van der Waals surface area contributed by atoms with Gasteiger partial charge in [0.2, 0.25) is 0 Å². The molecule has 3 heteroatoms. The lowest BCUT2D eigenvalue weighted by Gasteiger charge is -1.94. The van der Waals surface area contributed by atoms with E-state index in [2.05, 4.69) is 0 Å². The fraction of sp³-hybridized carbons (Fsp3) is 0. The van der Waals surface area contributed by atoms with Gasteiger partial charge in [-0.15, -0.1) is 0 Å². The Morgan fingerprint density at radius 1 is 1.27 bits per heavy atom. The molecule has 1 aromatic heterocycles. The van der Waals surface area contributed by atoms with Crippen LogP contribution in [-0.4, -0.2) is 7.85 Å². The zero-order valence-electron chi connectivity index (χ0n) is 5.67. The molecule has 0 unspecified atom stereocenters. The first kappa shape index (κ1) is 6.46. The Morgan fingerprint density at radius 2 is 2.09 bits per heavy atom. The van der Waals surface area contributed by atoms with Crippen molar-refractivity contribution in [2.24, 2.45) is 0 Å². The van der Waals surface area contributed by atoms with Crippen LogP contribution in [0.1, 0.15) is 0 Å². The Labute approximate surface area is 64.2 Å². The van der Waals surface area contributed by atoms with Gasteiger partial charge in [0.15, 0.2) is 0 Å². The molecule has 2 aromatic rings. The predicted molar refractivity (Wildman–Crippen MR) is 41.6 cm³/mol. The van der Waals surface area contributed by atoms with Crippen LogP contribution in [0.4, 0.5) is 4.39 Å². The number of hydrogen-bond donors (Lipinski definition) is 0. The molecule has 2 rings (SSSR count). The topological polar surface area (TPSA) is 13.1 Å². The van der Waals surface area contributed by atoms with E-state index in [-0.39, 0.29) is 5.82 Å². The minimum atomic E-state index is -0.303. The van der Waals surface area contributed by atoms with Crippen LogP contribution in [0.25, 0.3) is 11.0 Å². The molecule has 0 fully saturated rings. The number of fused-ring (bicyclic) bond motifs is 1. The number of furan rings is 1. The minimum Gasteiger partial charge on any atom is -0.465 e. The van der Waals surface area contributed by atoms with Crippen LogP contribution in [0.2, 0.25) is 0 Å². The van der Waals surface area contributed by atoms with Crippen molar-refractivity contribution in [3.05, 3.63) is 30.3 Å². The zero-order valence-corrected chi connectivity index (χ0v) is 5.67. The molecule has 0 aliphatic heterocycles. The van der Waals surface area contributed by atoms with E-state index in [1.807, 2.05) is 0 Å². The van der Waals surface area contributed by atoms with E-state index in [4.69, 9.17) is 12.3 Å². The molecule has 1 heterocycles. The highest BCUT2D eigenvalue weighted by molar-refractivity contribution is 6.37. The maximum absolute atomic E-state index is 12.9. The van der Waals surface area contributed by atoms with Gasteiger partial charge in [0.05, 0.1) is 11.6 Å². The van der Waals surface area contributed by atoms with Crippen LogP contribution in [-0.2, 0) is 0 Å². The second kappa shape index (κ2) is 2.12. The number of halogens is 1. The molecule has 0 saturated carbocycles. The molecule has 11 heavy (non-hydrogen) atoms. The maximum Gasteiger partial charge on any atom is 0.134 e. The van der Waals surface area contributed by atoms with Gasteiger partial charge in [-0.1, -0.05) is 11.5 Å². The van der Waals surface area contributed by atoms with Crippen molar-refractivity contribution in [3.63, 3.8) is 0 Å². The van der Waals surface area contributed by atoms with Crippen molar-refractivity contribution in [1.29, 1.82) is 0 Å². The van der Waals surface area contributed by atoms with Gasteiger partial charge < -0.3 is 4.42 Å². The Balaban J connectivity index is 2.96. The van der Waals surface area contributed by atoms with Gasteiger partial charge in [-0.3, -0.25) is 0 Å². The Bertz CT molecular complexity index is 358. The van der Waals surface area contributed by atoms with Gasteiger partial charge in [-0.2, -0.15) is 0 Å². The molecule has 52 valence electrons. The number of benzene rings is 1. The van der Waals surface area contributed by atoms with Gasteiger partial charge in [0, 0.05) is 0 Å². The van der Waals surface area contributed by atoms with Gasteiger partial charge in [-0.05, 0) is 12.1 Å². The molecule has 0 bridgehead atoms. The second-order valence-corrected chi connectivity index (χ2v) is 2.30. The van der Waals surface area contributed by atoms with E-state index in [0.717, 1.165) is 0 Å². The third-order valence-electron chi connectivity index (χ3n) is 1.59. The highest BCUT2D eigenvalue weighted by Gasteiger charge is 2.03. The smallest absolute Gasteiger partial charge is 0.134 e. The fourth-order valence-electron chi connectivity index (χ4n) is 1.05. The predicted octanol–water partition coefficient (Wildman–Crippen LogP) is 1.37. The maximum atomic E-state index is 12.9.